The molecule has 148 valence electrons. The number of sulfonamides is 1. The largest absolute Gasteiger partial charge is 0.294 e. The lowest BCUT2D eigenvalue weighted by molar-refractivity contribution is -0.384. The van der Waals surface area contributed by atoms with Crippen LogP contribution in [0.1, 0.15) is 31.7 Å². The summed E-state index contributed by atoms with van der Waals surface area (Å²) in [6.07, 6.45) is 2.84. The van der Waals surface area contributed by atoms with Gasteiger partial charge in [0.1, 0.15) is 5.69 Å². The number of nitrogens with zero attached hydrogens (tertiary/aromatic N) is 3. The number of benzene rings is 2. The van der Waals surface area contributed by atoms with Crippen molar-refractivity contribution in [3.05, 3.63) is 64.2 Å². The molecule has 28 heavy (non-hydrogen) atoms. The quantitative estimate of drug-likeness (QED) is 0.451. The third-order valence-electron chi connectivity index (χ3n) is 4.67. The molecule has 1 aliphatic heterocycles. The smallest absolute Gasteiger partial charge is 0.271 e. The summed E-state index contributed by atoms with van der Waals surface area (Å²) in [4.78, 5) is 10.8. The molecule has 0 unspecified atom stereocenters. The third kappa shape index (κ3) is 4.37. The Morgan fingerprint density at radius 2 is 1.71 bits per heavy atom. The summed E-state index contributed by atoms with van der Waals surface area (Å²) in [7, 11) is -3.47. The van der Waals surface area contributed by atoms with E-state index >= 15 is 0 Å². The molecule has 9 heteroatoms. The van der Waals surface area contributed by atoms with E-state index in [1.165, 1.54) is 10.4 Å². The molecule has 1 heterocycles. The van der Waals surface area contributed by atoms with Gasteiger partial charge in [-0.2, -0.15) is 9.41 Å². The van der Waals surface area contributed by atoms with E-state index in [-0.39, 0.29) is 16.3 Å². The highest BCUT2D eigenvalue weighted by atomic mass is 32.2. The molecule has 1 fully saturated rings. The van der Waals surface area contributed by atoms with Crippen LogP contribution in [0, 0.1) is 10.1 Å². The summed E-state index contributed by atoms with van der Waals surface area (Å²) in [5.74, 6) is 0. The van der Waals surface area contributed by atoms with E-state index in [2.05, 4.69) is 10.5 Å². The van der Waals surface area contributed by atoms with Crippen molar-refractivity contribution >= 4 is 27.1 Å². The Hall–Kier alpha value is -2.78. The van der Waals surface area contributed by atoms with Crippen molar-refractivity contribution in [2.75, 3.05) is 18.5 Å². The number of piperidine rings is 1. The first-order valence-electron chi connectivity index (χ1n) is 9.04. The van der Waals surface area contributed by atoms with Crippen LogP contribution >= 0.6 is 0 Å². The van der Waals surface area contributed by atoms with Gasteiger partial charge < -0.3 is 0 Å². The van der Waals surface area contributed by atoms with Crippen LogP contribution in [0.2, 0.25) is 0 Å². The summed E-state index contributed by atoms with van der Waals surface area (Å²) in [6, 6.07) is 12.8. The Balaban J connectivity index is 1.76. The second-order valence-electron chi connectivity index (χ2n) is 6.57. The highest BCUT2D eigenvalue weighted by Crippen LogP contribution is 2.24. The van der Waals surface area contributed by atoms with Crippen molar-refractivity contribution in [2.45, 2.75) is 31.1 Å². The minimum atomic E-state index is -3.47. The van der Waals surface area contributed by atoms with Gasteiger partial charge in [-0.15, -0.1) is 0 Å². The Morgan fingerprint density at radius 1 is 1.07 bits per heavy atom. The number of nitrogens with one attached hydrogen (secondary N) is 1. The highest BCUT2D eigenvalue weighted by molar-refractivity contribution is 7.89. The Morgan fingerprint density at radius 3 is 2.36 bits per heavy atom. The number of nitro benzene ring substituents is 1. The summed E-state index contributed by atoms with van der Waals surface area (Å²) in [5, 5.41) is 15.2. The molecule has 0 aromatic heterocycles. The van der Waals surface area contributed by atoms with Crippen molar-refractivity contribution in [3.63, 3.8) is 0 Å². The zero-order valence-electron chi connectivity index (χ0n) is 15.5. The van der Waals surface area contributed by atoms with Crippen molar-refractivity contribution in [3.8, 4) is 0 Å². The topological polar surface area (TPSA) is 105 Å². The minimum absolute atomic E-state index is 0.0676. The highest BCUT2D eigenvalue weighted by Gasteiger charge is 2.25. The van der Waals surface area contributed by atoms with Crippen molar-refractivity contribution in [1.82, 2.24) is 4.31 Å². The molecule has 0 saturated carbocycles. The fourth-order valence-corrected chi connectivity index (χ4v) is 4.58. The van der Waals surface area contributed by atoms with Gasteiger partial charge in [-0.3, -0.25) is 15.5 Å². The van der Waals surface area contributed by atoms with Gasteiger partial charge in [-0.1, -0.05) is 30.7 Å². The Kier molecular flexibility index (Phi) is 6.05. The van der Waals surface area contributed by atoms with Gasteiger partial charge in [0.2, 0.25) is 10.0 Å². The number of hydrogen-bond acceptors (Lipinski definition) is 6. The molecule has 0 spiro atoms. The fraction of sp³-hybridized carbons (Fsp3) is 0.316. The van der Waals surface area contributed by atoms with Crippen LogP contribution in [0.4, 0.5) is 11.4 Å². The molecule has 1 N–H and O–H groups in total. The van der Waals surface area contributed by atoms with E-state index in [0.29, 0.717) is 18.8 Å². The predicted molar refractivity (Wildman–Crippen MR) is 108 cm³/mol. The van der Waals surface area contributed by atoms with Crippen LogP contribution in [-0.4, -0.2) is 36.4 Å². The predicted octanol–water partition coefficient (Wildman–Crippen LogP) is 3.61. The first-order valence-corrected chi connectivity index (χ1v) is 10.5. The van der Waals surface area contributed by atoms with Gasteiger partial charge in [-0.25, -0.2) is 8.42 Å². The van der Waals surface area contributed by atoms with E-state index in [0.717, 1.165) is 24.8 Å². The average Bonchev–Trinajstić information content (AvgIpc) is 2.73. The number of rotatable bonds is 6. The molecular formula is C19H22N4O4S. The van der Waals surface area contributed by atoms with Gasteiger partial charge in [0, 0.05) is 19.2 Å². The number of nitro groups is 1. The second-order valence-corrected chi connectivity index (χ2v) is 8.51. The third-order valence-corrected chi connectivity index (χ3v) is 6.58. The average molecular weight is 402 g/mol. The number of hydrogen-bond donors (Lipinski definition) is 1. The summed E-state index contributed by atoms with van der Waals surface area (Å²) >= 11 is 0. The molecule has 0 amide bonds. The van der Waals surface area contributed by atoms with E-state index in [1.807, 2.05) is 0 Å². The van der Waals surface area contributed by atoms with Crippen LogP contribution in [0.3, 0.4) is 0 Å². The Labute approximate surface area is 164 Å². The fourth-order valence-electron chi connectivity index (χ4n) is 3.06. The summed E-state index contributed by atoms with van der Waals surface area (Å²) in [5.41, 5.74) is 4.24. The first kappa shape index (κ1) is 20.0. The van der Waals surface area contributed by atoms with Gasteiger partial charge in [0.25, 0.3) is 5.69 Å². The molecule has 0 bridgehead atoms. The molecule has 1 aliphatic rings. The molecule has 0 aliphatic carbocycles. The standard InChI is InChI=1S/C19H22N4O4S/c1-15(20-21-18-7-3-4-8-19(18)23(24)25)16-9-11-17(12-10-16)28(26,27)22-13-5-2-6-14-22/h3-4,7-12,21H,2,5-6,13-14H2,1H3/b20-15-. The van der Waals surface area contributed by atoms with Gasteiger partial charge >= 0.3 is 0 Å². The zero-order chi connectivity index (χ0) is 20.1. The summed E-state index contributed by atoms with van der Waals surface area (Å²) < 4.78 is 26.9. The van der Waals surface area contributed by atoms with Crippen LogP contribution in [-0.2, 0) is 10.0 Å². The van der Waals surface area contributed by atoms with Crippen molar-refractivity contribution in [1.29, 1.82) is 0 Å². The Bertz CT molecular complexity index is 981. The molecule has 8 nitrogen and oxygen atoms in total. The van der Waals surface area contributed by atoms with Gasteiger partial charge in [0.15, 0.2) is 0 Å². The molecule has 3 rings (SSSR count). The van der Waals surface area contributed by atoms with Gasteiger partial charge in [-0.05, 0) is 43.5 Å². The summed E-state index contributed by atoms with van der Waals surface area (Å²) in [6.45, 7) is 2.87. The van der Waals surface area contributed by atoms with E-state index in [1.54, 1.807) is 49.4 Å². The normalized spacial score (nSPS) is 16.0. The monoisotopic (exact) mass is 402 g/mol. The maximum Gasteiger partial charge on any atom is 0.294 e. The SMILES string of the molecule is C/C(=N/Nc1ccccc1[N+](=O)[O-])c1ccc(S(=O)(=O)N2CCCCC2)cc1. The lowest BCUT2D eigenvalue weighted by Crippen LogP contribution is -2.35. The molecule has 2 aromatic rings. The molecular weight excluding hydrogens is 380 g/mol. The lowest BCUT2D eigenvalue weighted by atomic mass is 10.1. The number of anilines is 1. The minimum Gasteiger partial charge on any atom is -0.271 e. The maximum absolute atomic E-state index is 12.7. The molecule has 1 saturated heterocycles. The lowest BCUT2D eigenvalue weighted by Gasteiger charge is -2.25. The maximum atomic E-state index is 12.7. The van der Waals surface area contributed by atoms with Crippen LogP contribution in [0.25, 0.3) is 0 Å². The van der Waals surface area contributed by atoms with Crippen LogP contribution in [0.5, 0.6) is 0 Å². The second kappa shape index (κ2) is 8.49. The zero-order valence-corrected chi connectivity index (χ0v) is 16.4. The van der Waals surface area contributed by atoms with Crippen molar-refractivity contribution in [2.24, 2.45) is 5.10 Å². The molecule has 0 radical (unpaired) electrons. The van der Waals surface area contributed by atoms with Crippen molar-refractivity contribution < 1.29 is 13.3 Å². The van der Waals surface area contributed by atoms with E-state index in [4.69, 9.17) is 0 Å². The number of para-hydroxylation sites is 2. The van der Waals surface area contributed by atoms with Crippen LogP contribution in [0.15, 0.2) is 58.5 Å². The van der Waals surface area contributed by atoms with Gasteiger partial charge in [0.05, 0.1) is 15.5 Å². The van der Waals surface area contributed by atoms with E-state index < -0.39 is 14.9 Å². The van der Waals surface area contributed by atoms with E-state index in [9.17, 15) is 18.5 Å². The number of hydrazone groups is 1. The first-order chi connectivity index (χ1) is 13.4. The van der Waals surface area contributed by atoms with Crippen LogP contribution < -0.4 is 5.43 Å². The molecule has 0 atom stereocenters. The molecule has 2 aromatic carbocycles.